The molecule has 3 heteroatoms. The largest absolute Gasteiger partial charge is 0.299 e. The normalized spacial score (nSPS) is 16.4. The predicted molar refractivity (Wildman–Crippen MR) is 77.9 cm³/mol. The molecule has 1 aliphatic carbocycles. The Morgan fingerprint density at radius 1 is 1.28 bits per heavy atom. The van der Waals surface area contributed by atoms with Gasteiger partial charge in [-0.05, 0) is 37.9 Å². The lowest BCUT2D eigenvalue weighted by Crippen LogP contribution is -2.30. The van der Waals surface area contributed by atoms with E-state index in [4.69, 9.17) is 0 Å². The lowest BCUT2D eigenvalue weighted by molar-refractivity contribution is 0.0938. The van der Waals surface area contributed by atoms with E-state index in [1.54, 1.807) is 0 Å². The summed E-state index contributed by atoms with van der Waals surface area (Å²) in [5.41, 5.74) is 0.802. The van der Waals surface area contributed by atoms with Gasteiger partial charge in [0.25, 0.3) is 0 Å². The van der Waals surface area contributed by atoms with Crippen molar-refractivity contribution in [3.05, 3.63) is 34.3 Å². The smallest absolute Gasteiger partial charge is 0.176 e. The average Bonchev–Trinajstić information content (AvgIpc) is 2.82. The maximum absolute atomic E-state index is 12.1. The second-order valence-corrected chi connectivity index (χ2v) is 6.19. The number of Topliss-reactive ketones (excluding diaryl/α,β-unsaturated/α-hetero) is 1. The molecule has 1 fully saturated rings. The van der Waals surface area contributed by atoms with Gasteiger partial charge in [0.15, 0.2) is 5.78 Å². The Bertz CT molecular complexity index is 395. The Labute approximate surface area is 117 Å². The Morgan fingerprint density at radius 3 is 2.50 bits per heavy atom. The number of ketones is 1. The van der Waals surface area contributed by atoms with Crippen LogP contribution in [0.4, 0.5) is 0 Å². The van der Waals surface area contributed by atoms with Crippen molar-refractivity contribution in [1.29, 1.82) is 0 Å². The average molecular weight is 310 g/mol. The van der Waals surface area contributed by atoms with Crippen LogP contribution in [0, 0.1) is 5.92 Å². The van der Waals surface area contributed by atoms with Gasteiger partial charge in [0.05, 0.1) is 6.54 Å². The summed E-state index contributed by atoms with van der Waals surface area (Å²) in [5, 5.41) is 0. The zero-order valence-electron chi connectivity index (χ0n) is 10.9. The molecule has 1 aliphatic rings. The molecular weight excluding hydrogens is 290 g/mol. The molecule has 0 bridgehead atoms. The van der Waals surface area contributed by atoms with Gasteiger partial charge in [0, 0.05) is 16.6 Å². The molecule has 0 N–H and O–H groups in total. The van der Waals surface area contributed by atoms with Gasteiger partial charge in [-0.3, -0.25) is 9.69 Å². The fourth-order valence-corrected chi connectivity index (χ4v) is 2.93. The molecule has 0 aromatic heterocycles. The van der Waals surface area contributed by atoms with E-state index in [0.717, 1.165) is 22.5 Å². The standard InChI is InChI=1S/C15H20BrNO/c1-17(10-12-4-2-3-5-12)11-15(18)13-6-8-14(16)9-7-13/h6-9,12H,2-5,10-11H2,1H3. The Morgan fingerprint density at radius 2 is 1.89 bits per heavy atom. The van der Waals surface area contributed by atoms with E-state index in [9.17, 15) is 4.79 Å². The van der Waals surface area contributed by atoms with E-state index < -0.39 is 0 Å². The van der Waals surface area contributed by atoms with Crippen LogP contribution in [0.3, 0.4) is 0 Å². The van der Waals surface area contributed by atoms with Gasteiger partial charge in [-0.15, -0.1) is 0 Å². The first-order valence-corrected chi connectivity index (χ1v) is 7.42. The molecule has 1 aromatic carbocycles. The zero-order valence-corrected chi connectivity index (χ0v) is 12.4. The van der Waals surface area contributed by atoms with E-state index in [1.807, 2.05) is 24.3 Å². The summed E-state index contributed by atoms with van der Waals surface area (Å²) in [6.07, 6.45) is 5.38. The summed E-state index contributed by atoms with van der Waals surface area (Å²) >= 11 is 3.38. The van der Waals surface area contributed by atoms with Crippen LogP contribution in [0.1, 0.15) is 36.0 Å². The molecule has 1 aromatic rings. The Balaban J connectivity index is 1.84. The van der Waals surface area contributed by atoms with Gasteiger partial charge in [-0.1, -0.05) is 40.9 Å². The van der Waals surface area contributed by atoms with Crippen LogP contribution >= 0.6 is 15.9 Å². The van der Waals surface area contributed by atoms with Gasteiger partial charge >= 0.3 is 0 Å². The number of halogens is 1. The maximum atomic E-state index is 12.1. The highest BCUT2D eigenvalue weighted by molar-refractivity contribution is 9.10. The second kappa shape index (κ2) is 6.48. The van der Waals surface area contributed by atoms with Crippen molar-refractivity contribution in [2.75, 3.05) is 20.1 Å². The molecule has 0 radical (unpaired) electrons. The molecular formula is C15H20BrNO. The first-order chi connectivity index (χ1) is 8.65. The van der Waals surface area contributed by atoms with Crippen LogP contribution in [0.15, 0.2) is 28.7 Å². The maximum Gasteiger partial charge on any atom is 0.176 e. The van der Waals surface area contributed by atoms with Gasteiger partial charge in [-0.25, -0.2) is 0 Å². The molecule has 0 spiro atoms. The van der Waals surface area contributed by atoms with Crippen LogP contribution < -0.4 is 0 Å². The fraction of sp³-hybridized carbons (Fsp3) is 0.533. The highest BCUT2D eigenvalue weighted by Crippen LogP contribution is 2.25. The molecule has 0 atom stereocenters. The minimum absolute atomic E-state index is 0.211. The quantitative estimate of drug-likeness (QED) is 0.772. The van der Waals surface area contributed by atoms with Crippen molar-refractivity contribution in [3.63, 3.8) is 0 Å². The molecule has 0 heterocycles. The first-order valence-electron chi connectivity index (χ1n) is 6.62. The van der Waals surface area contributed by atoms with Gasteiger partial charge in [0.1, 0.15) is 0 Å². The van der Waals surface area contributed by atoms with Crippen LogP contribution in [-0.4, -0.2) is 30.8 Å². The summed E-state index contributed by atoms with van der Waals surface area (Å²) in [6, 6.07) is 7.61. The van der Waals surface area contributed by atoms with Crippen molar-refractivity contribution in [3.8, 4) is 0 Å². The number of nitrogens with zero attached hydrogens (tertiary/aromatic N) is 1. The van der Waals surface area contributed by atoms with Gasteiger partial charge < -0.3 is 0 Å². The minimum Gasteiger partial charge on any atom is -0.299 e. The van der Waals surface area contributed by atoms with Crippen molar-refractivity contribution < 1.29 is 4.79 Å². The number of carbonyl (C=O) groups is 1. The molecule has 98 valence electrons. The lowest BCUT2D eigenvalue weighted by atomic mass is 10.1. The predicted octanol–water partition coefficient (Wildman–Crippen LogP) is 3.75. The van der Waals surface area contributed by atoms with Gasteiger partial charge in [-0.2, -0.15) is 0 Å². The summed E-state index contributed by atoms with van der Waals surface area (Å²) < 4.78 is 1.01. The SMILES string of the molecule is CN(CC(=O)c1ccc(Br)cc1)CC1CCCC1. The highest BCUT2D eigenvalue weighted by atomic mass is 79.9. The zero-order chi connectivity index (χ0) is 13.0. The third-order valence-corrected chi connectivity index (χ3v) is 4.15. The Kier molecular flexibility index (Phi) is 4.95. The van der Waals surface area contributed by atoms with Crippen LogP contribution in [0.5, 0.6) is 0 Å². The van der Waals surface area contributed by atoms with Crippen molar-refractivity contribution >= 4 is 21.7 Å². The molecule has 0 amide bonds. The first kappa shape index (κ1) is 13.8. The van der Waals surface area contributed by atoms with E-state index in [2.05, 4.69) is 27.9 Å². The van der Waals surface area contributed by atoms with Crippen LogP contribution in [-0.2, 0) is 0 Å². The molecule has 18 heavy (non-hydrogen) atoms. The number of carbonyl (C=O) groups excluding carboxylic acids is 1. The van der Waals surface area contributed by atoms with Crippen molar-refractivity contribution in [2.24, 2.45) is 5.92 Å². The van der Waals surface area contributed by atoms with Crippen LogP contribution in [0.2, 0.25) is 0 Å². The van der Waals surface area contributed by atoms with E-state index >= 15 is 0 Å². The molecule has 0 saturated heterocycles. The molecule has 0 unspecified atom stereocenters. The second-order valence-electron chi connectivity index (χ2n) is 5.28. The number of likely N-dealkylation sites (N-methyl/N-ethyl adjacent to an activating group) is 1. The van der Waals surface area contributed by atoms with E-state index in [0.29, 0.717) is 6.54 Å². The minimum atomic E-state index is 0.211. The fourth-order valence-electron chi connectivity index (χ4n) is 2.67. The Hall–Kier alpha value is -0.670. The summed E-state index contributed by atoms with van der Waals surface area (Å²) in [7, 11) is 2.05. The number of rotatable bonds is 5. The topological polar surface area (TPSA) is 20.3 Å². The summed E-state index contributed by atoms with van der Waals surface area (Å²) in [5.74, 6) is 1.01. The summed E-state index contributed by atoms with van der Waals surface area (Å²) in [4.78, 5) is 14.3. The number of hydrogen-bond acceptors (Lipinski definition) is 2. The molecule has 1 saturated carbocycles. The van der Waals surface area contributed by atoms with Gasteiger partial charge in [0.2, 0.25) is 0 Å². The molecule has 0 aliphatic heterocycles. The number of hydrogen-bond donors (Lipinski definition) is 0. The highest BCUT2D eigenvalue weighted by Gasteiger charge is 2.18. The lowest BCUT2D eigenvalue weighted by Gasteiger charge is -2.19. The van der Waals surface area contributed by atoms with Crippen LogP contribution in [0.25, 0.3) is 0 Å². The van der Waals surface area contributed by atoms with E-state index in [-0.39, 0.29) is 5.78 Å². The van der Waals surface area contributed by atoms with E-state index in [1.165, 1.54) is 25.7 Å². The van der Waals surface area contributed by atoms with Crippen molar-refractivity contribution in [2.45, 2.75) is 25.7 Å². The molecule has 2 nitrogen and oxygen atoms in total. The third kappa shape index (κ3) is 3.92. The third-order valence-electron chi connectivity index (χ3n) is 3.62. The number of benzene rings is 1. The summed E-state index contributed by atoms with van der Waals surface area (Å²) in [6.45, 7) is 1.58. The van der Waals surface area contributed by atoms with Crippen molar-refractivity contribution in [1.82, 2.24) is 4.90 Å². The monoisotopic (exact) mass is 309 g/mol. The molecule has 2 rings (SSSR count).